The minimum Gasteiger partial charge on any atom is -0.481 e. The van der Waals surface area contributed by atoms with Crippen LogP contribution in [0.15, 0.2) is 42.5 Å². The number of unbranched alkanes of at least 4 members (excludes halogenated alkanes) is 3. The molecule has 9 heteroatoms. The summed E-state index contributed by atoms with van der Waals surface area (Å²) in [5.41, 5.74) is 0.880. The third-order valence-corrected chi connectivity index (χ3v) is 6.22. The smallest absolute Gasteiger partial charge is 0.306 e. The molecule has 3 amide bonds. The standard InChI is InChI=1S/C27H37N3O6/c1-28-16-8-7-12-21(27(35)36)19-23(31)22(18-20-10-4-2-5-11-20)29-24(32)13-6-3-9-17-30-25(33)14-15-26(30)34/h2,4-5,10-11,14-15,21-22,28H,3,6-9,12-13,16-19H2,1H3,(H,29,32)(H,35,36)/t21-,22+/m1/s1. The van der Waals surface area contributed by atoms with Gasteiger partial charge in [-0.15, -0.1) is 0 Å². The molecular weight excluding hydrogens is 462 g/mol. The van der Waals surface area contributed by atoms with Crippen molar-refractivity contribution in [1.82, 2.24) is 15.5 Å². The van der Waals surface area contributed by atoms with E-state index in [2.05, 4.69) is 10.6 Å². The predicted octanol–water partition coefficient (Wildman–Crippen LogP) is 2.25. The number of carbonyl (C=O) groups is 5. The normalized spacial score (nSPS) is 14.6. The fraction of sp³-hybridized carbons (Fsp3) is 0.519. The van der Waals surface area contributed by atoms with E-state index in [9.17, 15) is 29.1 Å². The molecule has 0 spiro atoms. The summed E-state index contributed by atoms with van der Waals surface area (Å²) in [5.74, 6) is -2.98. The average Bonchev–Trinajstić information content (AvgIpc) is 3.17. The summed E-state index contributed by atoms with van der Waals surface area (Å²) in [6, 6.07) is 8.51. The third kappa shape index (κ3) is 10.1. The number of carbonyl (C=O) groups excluding carboxylic acids is 4. The number of ketones is 1. The first-order valence-corrected chi connectivity index (χ1v) is 12.6. The van der Waals surface area contributed by atoms with Gasteiger partial charge in [0.05, 0.1) is 12.0 Å². The van der Waals surface area contributed by atoms with Gasteiger partial charge < -0.3 is 15.7 Å². The molecule has 1 aromatic carbocycles. The lowest BCUT2D eigenvalue weighted by molar-refractivity contribution is -0.144. The Morgan fingerprint density at radius 3 is 2.28 bits per heavy atom. The molecule has 0 aliphatic carbocycles. The van der Waals surface area contributed by atoms with Crippen LogP contribution in [0.4, 0.5) is 0 Å². The number of hydrogen-bond donors (Lipinski definition) is 3. The van der Waals surface area contributed by atoms with Crippen molar-refractivity contribution in [3.63, 3.8) is 0 Å². The molecule has 196 valence electrons. The van der Waals surface area contributed by atoms with Crippen LogP contribution >= 0.6 is 0 Å². The molecule has 2 rings (SSSR count). The molecule has 1 aliphatic heterocycles. The van der Waals surface area contributed by atoms with Crippen LogP contribution in [0.25, 0.3) is 0 Å². The van der Waals surface area contributed by atoms with Gasteiger partial charge in [0.2, 0.25) is 5.91 Å². The number of amides is 3. The molecule has 0 radical (unpaired) electrons. The van der Waals surface area contributed by atoms with Crippen LogP contribution in [0.3, 0.4) is 0 Å². The van der Waals surface area contributed by atoms with Crippen LogP contribution in [0, 0.1) is 5.92 Å². The molecular formula is C27H37N3O6. The van der Waals surface area contributed by atoms with Gasteiger partial charge in [0.25, 0.3) is 11.8 Å². The number of hydrogen-bond acceptors (Lipinski definition) is 6. The second kappa shape index (κ2) is 15.6. The summed E-state index contributed by atoms with van der Waals surface area (Å²) in [6.07, 6.45) is 6.58. The predicted molar refractivity (Wildman–Crippen MR) is 135 cm³/mol. The summed E-state index contributed by atoms with van der Waals surface area (Å²) in [7, 11) is 1.84. The van der Waals surface area contributed by atoms with Gasteiger partial charge in [0.15, 0.2) is 5.78 Å². The highest BCUT2D eigenvalue weighted by molar-refractivity contribution is 6.12. The van der Waals surface area contributed by atoms with Crippen LogP contribution in [-0.2, 0) is 30.4 Å². The summed E-state index contributed by atoms with van der Waals surface area (Å²) in [6.45, 7) is 1.10. The highest BCUT2D eigenvalue weighted by atomic mass is 16.4. The molecule has 0 bridgehead atoms. The molecule has 1 aliphatic rings. The summed E-state index contributed by atoms with van der Waals surface area (Å²) in [4.78, 5) is 61.8. The maximum atomic E-state index is 13.1. The number of Topliss-reactive ketones (excluding diaryl/α,β-unsaturated/α-hetero) is 1. The maximum absolute atomic E-state index is 13.1. The zero-order chi connectivity index (χ0) is 26.3. The summed E-state index contributed by atoms with van der Waals surface area (Å²) < 4.78 is 0. The van der Waals surface area contributed by atoms with Crippen molar-refractivity contribution in [2.45, 2.75) is 63.8 Å². The molecule has 1 aromatic rings. The van der Waals surface area contributed by atoms with Crippen LogP contribution in [-0.4, -0.2) is 65.7 Å². The second-order valence-electron chi connectivity index (χ2n) is 9.09. The number of carboxylic acids is 1. The lowest BCUT2D eigenvalue weighted by Gasteiger charge is -2.20. The van der Waals surface area contributed by atoms with E-state index >= 15 is 0 Å². The Bertz CT molecular complexity index is 913. The first kappa shape index (κ1) is 28.9. The molecule has 0 saturated heterocycles. The fourth-order valence-electron chi connectivity index (χ4n) is 4.14. The van der Waals surface area contributed by atoms with Gasteiger partial charge in [-0.1, -0.05) is 43.2 Å². The first-order chi connectivity index (χ1) is 17.3. The average molecular weight is 500 g/mol. The zero-order valence-corrected chi connectivity index (χ0v) is 20.9. The van der Waals surface area contributed by atoms with Gasteiger partial charge >= 0.3 is 5.97 Å². The van der Waals surface area contributed by atoms with Crippen molar-refractivity contribution in [3.05, 3.63) is 48.0 Å². The topological polar surface area (TPSA) is 133 Å². The van der Waals surface area contributed by atoms with Gasteiger partial charge in [-0.05, 0) is 51.3 Å². The minimum absolute atomic E-state index is 0.126. The van der Waals surface area contributed by atoms with E-state index in [4.69, 9.17) is 0 Å². The molecule has 9 nitrogen and oxygen atoms in total. The first-order valence-electron chi connectivity index (χ1n) is 12.6. The monoisotopic (exact) mass is 499 g/mol. The Balaban J connectivity index is 1.87. The van der Waals surface area contributed by atoms with E-state index in [0.29, 0.717) is 45.1 Å². The number of aliphatic carboxylic acids is 1. The number of nitrogens with zero attached hydrogens (tertiary/aromatic N) is 1. The van der Waals surface area contributed by atoms with Crippen molar-refractivity contribution in [1.29, 1.82) is 0 Å². The number of nitrogens with one attached hydrogen (secondary N) is 2. The van der Waals surface area contributed by atoms with Crippen molar-refractivity contribution < 1.29 is 29.1 Å². The summed E-state index contributed by atoms with van der Waals surface area (Å²) in [5, 5.41) is 15.4. The lowest BCUT2D eigenvalue weighted by Crippen LogP contribution is -2.43. The van der Waals surface area contributed by atoms with E-state index in [0.717, 1.165) is 18.5 Å². The van der Waals surface area contributed by atoms with E-state index in [1.54, 1.807) is 0 Å². The number of imide groups is 1. The third-order valence-electron chi connectivity index (χ3n) is 6.22. The molecule has 1 heterocycles. The van der Waals surface area contributed by atoms with Crippen molar-refractivity contribution in [2.75, 3.05) is 20.1 Å². The SMILES string of the molecule is CNCCCC[C@H](CC(=O)[C@H](Cc1ccccc1)NC(=O)CCCCCN1C(=O)C=CC1=O)C(=O)O. The maximum Gasteiger partial charge on any atom is 0.306 e. The van der Waals surface area contributed by atoms with E-state index in [-0.39, 0.29) is 36.3 Å². The number of benzene rings is 1. The van der Waals surface area contributed by atoms with Gasteiger partial charge in [0.1, 0.15) is 0 Å². The highest BCUT2D eigenvalue weighted by Crippen LogP contribution is 2.17. The van der Waals surface area contributed by atoms with E-state index in [1.165, 1.54) is 17.1 Å². The zero-order valence-electron chi connectivity index (χ0n) is 20.9. The van der Waals surface area contributed by atoms with Gasteiger partial charge in [-0.25, -0.2) is 0 Å². The van der Waals surface area contributed by atoms with Crippen molar-refractivity contribution in [3.8, 4) is 0 Å². The minimum atomic E-state index is -0.997. The Morgan fingerprint density at radius 2 is 1.64 bits per heavy atom. The van der Waals surface area contributed by atoms with Crippen LogP contribution in [0.5, 0.6) is 0 Å². The van der Waals surface area contributed by atoms with Crippen LogP contribution < -0.4 is 10.6 Å². The van der Waals surface area contributed by atoms with Gasteiger partial charge in [-0.2, -0.15) is 0 Å². The molecule has 3 N–H and O–H groups in total. The molecule has 2 atom stereocenters. The van der Waals surface area contributed by atoms with Gasteiger partial charge in [0, 0.05) is 31.5 Å². The Morgan fingerprint density at radius 1 is 0.944 bits per heavy atom. The molecule has 0 unspecified atom stereocenters. The number of rotatable bonds is 18. The van der Waals surface area contributed by atoms with Gasteiger partial charge in [-0.3, -0.25) is 28.9 Å². The Hall–Kier alpha value is -3.33. The van der Waals surface area contributed by atoms with Crippen molar-refractivity contribution in [2.24, 2.45) is 5.92 Å². The van der Waals surface area contributed by atoms with Crippen molar-refractivity contribution >= 4 is 29.5 Å². The highest BCUT2D eigenvalue weighted by Gasteiger charge is 2.27. The fourth-order valence-corrected chi connectivity index (χ4v) is 4.14. The van der Waals surface area contributed by atoms with Crippen LogP contribution in [0.1, 0.15) is 56.9 Å². The molecule has 36 heavy (non-hydrogen) atoms. The summed E-state index contributed by atoms with van der Waals surface area (Å²) >= 11 is 0. The second-order valence-corrected chi connectivity index (χ2v) is 9.09. The largest absolute Gasteiger partial charge is 0.481 e. The number of carboxylic acid groups (broad SMARTS) is 1. The Kier molecular flexibility index (Phi) is 12.5. The molecule has 0 saturated carbocycles. The lowest BCUT2D eigenvalue weighted by atomic mass is 9.91. The molecule has 0 fully saturated rings. The molecule has 0 aromatic heterocycles. The van der Waals surface area contributed by atoms with Crippen LogP contribution in [0.2, 0.25) is 0 Å². The Labute approximate surface area is 212 Å². The quantitative estimate of drug-likeness (QED) is 0.208. The van der Waals surface area contributed by atoms with E-state index in [1.807, 2.05) is 37.4 Å². The van der Waals surface area contributed by atoms with E-state index < -0.39 is 17.9 Å².